The minimum absolute atomic E-state index is 1.02. The highest BCUT2D eigenvalue weighted by molar-refractivity contribution is 5.56. The molecule has 0 atom stereocenters. The summed E-state index contributed by atoms with van der Waals surface area (Å²) in [4.78, 5) is 0. The SMILES string of the molecule is CC.CC.CCCC/C=N\N. The van der Waals surface area contributed by atoms with Crippen LogP contribution in [0.4, 0.5) is 0 Å². The minimum atomic E-state index is 1.02. The Bertz CT molecular complexity index is 51.5. The van der Waals surface area contributed by atoms with Crippen LogP contribution in [0.25, 0.3) is 0 Å². The molecule has 0 saturated heterocycles. The van der Waals surface area contributed by atoms with Gasteiger partial charge < -0.3 is 5.84 Å². The Morgan fingerprint density at radius 3 is 1.91 bits per heavy atom. The summed E-state index contributed by atoms with van der Waals surface area (Å²) >= 11 is 0. The fourth-order valence-electron chi connectivity index (χ4n) is 0.370. The Kier molecular flexibility index (Phi) is 52.0. The Morgan fingerprint density at radius 1 is 1.18 bits per heavy atom. The summed E-state index contributed by atoms with van der Waals surface area (Å²) in [7, 11) is 0. The summed E-state index contributed by atoms with van der Waals surface area (Å²) < 4.78 is 0. The summed E-state index contributed by atoms with van der Waals surface area (Å²) in [5.74, 6) is 4.84. The number of hydrogen-bond donors (Lipinski definition) is 1. The van der Waals surface area contributed by atoms with E-state index in [2.05, 4.69) is 12.0 Å². The fraction of sp³-hybridized carbons (Fsp3) is 0.889. The van der Waals surface area contributed by atoms with Crippen molar-refractivity contribution in [3.63, 3.8) is 0 Å². The molecule has 0 unspecified atom stereocenters. The molecule has 2 heteroatoms. The largest absolute Gasteiger partial charge is 0.324 e. The molecule has 0 aromatic rings. The molecular weight excluding hydrogens is 136 g/mol. The van der Waals surface area contributed by atoms with Crippen molar-refractivity contribution in [2.45, 2.75) is 53.9 Å². The first kappa shape index (κ1) is 16.8. The lowest BCUT2D eigenvalue weighted by atomic mass is 10.3. The van der Waals surface area contributed by atoms with Crippen molar-refractivity contribution in [3.8, 4) is 0 Å². The molecule has 2 nitrogen and oxygen atoms in total. The molecule has 0 aliphatic rings. The maximum atomic E-state index is 4.84. The summed E-state index contributed by atoms with van der Waals surface area (Å²) in [6.45, 7) is 10.1. The van der Waals surface area contributed by atoms with Crippen molar-refractivity contribution in [1.82, 2.24) is 0 Å². The van der Waals surface area contributed by atoms with Gasteiger partial charge in [-0.05, 0) is 12.8 Å². The Morgan fingerprint density at radius 2 is 1.64 bits per heavy atom. The molecule has 0 saturated carbocycles. The Labute approximate surface area is 71.9 Å². The number of rotatable bonds is 3. The third kappa shape index (κ3) is 43.9. The van der Waals surface area contributed by atoms with E-state index >= 15 is 0 Å². The van der Waals surface area contributed by atoms with E-state index in [-0.39, 0.29) is 0 Å². The summed E-state index contributed by atoms with van der Waals surface area (Å²) in [5, 5.41) is 3.35. The highest BCUT2D eigenvalue weighted by Gasteiger charge is 1.74. The van der Waals surface area contributed by atoms with Crippen molar-refractivity contribution >= 4 is 6.21 Å². The monoisotopic (exact) mass is 160 g/mol. The zero-order chi connectivity index (χ0) is 9.54. The van der Waals surface area contributed by atoms with Gasteiger partial charge in [-0.3, -0.25) is 0 Å². The molecule has 0 heterocycles. The highest BCUT2D eigenvalue weighted by Crippen LogP contribution is 1.87. The number of nitrogens with two attached hydrogens (primary N) is 1. The van der Waals surface area contributed by atoms with Crippen LogP contribution in [0.1, 0.15) is 53.9 Å². The first-order valence-electron chi connectivity index (χ1n) is 4.63. The lowest BCUT2D eigenvalue weighted by Crippen LogP contribution is -1.81. The van der Waals surface area contributed by atoms with Gasteiger partial charge in [0, 0.05) is 6.21 Å². The molecule has 0 spiro atoms. The predicted octanol–water partition coefficient (Wildman–Crippen LogP) is 3.17. The quantitative estimate of drug-likeness (QED) is 0.293. The lowest BCUT2D eigenvalue weighted by molar-refractivity contribution is 0.840. The van der Waals surface area contributed by atoms with Crippen molar-refractivity contribution in [2.75, 3.05) is 0 Å². The molecule has 0 aliphatic carbocycles. The normalized spacial score (nSPS) is 7.73. The van der Waals surface area contributed by atoms with E-state index in [1.807, 2.05) is 27.7 Å². The topological polar surface area (TPSA) is 38.4 Å². The molecule has 0 aromatic heterocycles. The van der Waals surface area contributed by atoms with Gasteiger partial charge in [0.05, 0.1) is 0 Å². The first-order valence-corrected chi connectivity index (χ1v) is 4.63. The average Bonchev–Trinajstić information content (AvgIpc) is 2.13. The molecule has 0 bridgehead atoms. The minimum Gasteiger partial charge on any atom is -0.324 e. The van der Waals surface area contributed by atoms with Gasteiger partial charge in [0.2, 0.25) is 0 Å². The third-order valence-corrected chi connectivity index (χ3v) is 0.792. The van der Waals surface area contributed by atoms with E-state index < -0.39 is 0 Å². The first-order chi connectivity index (χ1) is 5.41. The third-order valence-electron chi connectivity index (χ3n) is 0.792. The van der Waals surface area contributed by atoms with Gasteiger partial charge in [-0.1, -0.05) is 41.0 Å². The average molecular weight is 160 g/mol. The Balaban J connectivity index is -0.000000138. The van der Waals surface area contributed by atoms with Crippen molar-refractivity contribution in [2.24, 2.45) is 10.9 Å². The molecule has 0 fully saturated rings. The van der Waals surface area contributed by atoms with Gasteiger partial charge in [0.15, 0.2) is 0 Å². The van der Waals surface area contributed by atoms with Crippen LogP contribution in [0.2, 0.25) is 0 Å². The van der Waals surface area contributed by atoms with Gasteiger partial charge in [-0.15, -0.1) is 0 Å². The predicted molar refractivity (Wildman–Crippen MR) is 54.9 cm³/mol. The number of unbranched alkanes of at least 4 members (excludes halogenated alkanes) is 2. The van der Waals surface area contributed by atoms with E-state index in [0.717, 1.165) is 6.42 Å². The van der Waals surface area contributed by atoms with Crippen molar-refractivity contribution < 1.29 is 0 Å². The van der Waals surface area contributed by atoms with Crippen LogP contribution in [0.5, 0.6) is 0 Å². The summed E-state index contributed by atoms with van der Waals surface area (Å²) in [6, 6.07) is 0. The smallest absolute Gasteiger partial charge is 0.0240 e. The number of nitrogens with zero attached hydrogens (tertiary/aromatic N) is 1. The number of hydrogen-bond acceptors (Lipinski definition) is 2. The molecule has 0 amide bonds. The second-order valence-corrected chi connectivity index (χ2v) is 1.47. The second kappa shape index (κ2) is 34.0. The van der Waals surface area contributed by atoms with Crippen LogP contribution in [0, 0.1) is 0 Å². The molecule has 0 rings (SSSR count). The van der Waals surface area contributed by atoms with Gasteiger partial charge >= 0.3 is 0 Å². The van der Waals surface area contributed by atoms with Gasteiger partial charge in [-0.25, -0.2) is 0 Å². The van der Waals surface area contributed by atoms with E-state index in [9.17, 15) is 0 Å². The Hall–Kier alpha value is -0.530. The van der Waals surface area contributed by atoms with E-state index in [4.69, 9.17) is 5.84 Å². The van der Waals surface area contributed by atoms with E-state index in [0.29, 0.717) is 0 Å². The molecule has 0 aromatic carbocycles. The van der Waals surface area contributed by atoms with E-state index in [1.54, 1.807) is 6.21 Å². The molecule has 2 N–H and O–H groups in total. The van der Waals surface area contributed by atoms with Crippen LogP contribution in [0.15, 0.2) is 5.10 Å². The van der Waals surface area contributed by atoms with Gasteiger partial charge in [0.1, 0.15) is 0 Å². The maximum Gasteiger partial charge on any atom is 0.0240 e. The van der Waals surface area contributed by atoms with Crippen LogP contribution < -0.4 is 5.84 Å². The van der Waals surface area contributed by atoms with Crippen LogP contribution >= 0.6 is 0 Å². The zero-order valence-electron chi connectivity index (χ0n) is 8.72. The lowest BCUT2D eigenvalue weighted by Gasteiger charge is -1.82. The molecule has 70 valence electrons. The maximum absolute atomic E-state index is 4.84. The molecule has 11 heavy (non-hydrogen) atoms. The van der Waals surface area contributed by atoms with Gasteiger partial charge in [0.25, 0.3) is 0 Å². The van der Waals surface area contributed by atoms with Gasteiger partial charge in [-0.2, -0.15) is 5.10 Å². The highest BCUT2D eigenvalue weighted by atomic mass is 15.1. The molecule has 0 aliphatic heterocycles. The number of hydrazone groups is 1. The van der Waals surface area contributed by atoms with Crippen LogP contribution in [-0.4, -0.2) is 6.21 Å². The molecular formula is C9H24N2. The second-order valence-electron chi connectivity index (χ2n) is 1.47. The van der Waals surface area contributed by atoms with Crippen LogP contribution in [-0.2, 0) is 0 Å². The molecule has 0 radical (unpaired) electrons. The van der Waals surface area contributed by atoms with Crippen molar-refractivity contribution in [1.29, 1.82) is 0 Å². The fourth-order valence-corrected chi connectivity index (χ4v) is 0.370. The van der Waals surface area contributed by atoms with Crippen LogP contribution in [0.3, 0.4) is 0 Å². The standard InChI is InChI=1S/C5H12N2.2C2H6/c1-2-3-4-5-7-6;2*1-2/h5H,2-4,6H2,1H3;2*1-2H3/b7-5-;;. The summed E-state index contributed by atoms with van der Waals surface area (Å²) in [6.07, 6.45) is 5.17. The zero-order valence-corrected chi connectivity index (χ0v) is 8.72. The van der Waals surface area contributed by atoms with Crippen molar-refractivity contribution in [3.05, 3.63) is 0 Å². The van der Waals surface area contributed by atoms with E-state index in [1.165, 1.54) is 12.8 Å². The summed E-state index contributed by atoms with van der Waals surface area (Å²) in [5.41, 5.74) is 0.